The molecule has 1 N–H and O–H groups in total. The number of nitrogens with one attached hydrogen (secondary N) is 1. The molecule has 0 unspecified atom stereocenters. The number of ether oxygens (including phenoxy) is 1. The van der Waals surface area contributed by atoms with Crippen LogP contribution >= 0.6 is 0 Å². The second-order valence-electron chi connectivity index (χ2n) is 3.52. The van der Waals surface area contributed by atoms with Crippen molar-refractivity contribution in [1.29, 1.82) is 5.41 Å². The Balaban J connectivity index is 2.33. The zero-order chi connectivity index (χ0) is 11.4. The zero-order valence-electron chi connectivity index (χ0n) is 9.23. The topological polar surface area (TPSA) is 46.0 Å². The molecular formula is C13H14N2O. The van der Waals surface area contributed by atoms with Gasteiger partial charge in [-0.15, -0.1) is 0 Å². The van der Waals surface area contributed by atoms with Crippen LogP contribution < -0.4 is 0 Å². The minimum Gasteiger partial charge on any atom is -0.481 e. The average Bonchev–Trinajstić information content (AvgIpc) is 2.30. The van der Waals surface area contributed by atoms with Crippen molar-refractivity contribution in [3.8, 4) is 0 Å². The maximum atomic E-state index is 7.66. The van der Waals surface area contributed by atoms with Crippen LogP contribution in [0.3, 0.4) is 0 Å². The summed E-state index contributed by atoms with van der Waals surface area (Å²) in [6.07, 6.45) is 2.30. The van der Waals surface area contributed by atoms with E-state index in [0.717, 1.165) is 16.5 Å². The van der Waals surface area contributed by atoms with E-state index in [-0.39, 0.29) is 0 Å². The molecule has 0 amide bonds. The van der Waals surface area contributed by atoms with Crippen molar-refractivity contribution in [2.24, 2.45) is 0 Å². The molecule has 0 saturated carbocycles. The van der Waals surface area contributed by atoms with E-state index in [1.807, 2.05) is 37.3 Å². The highest BCUT2D eigenvalue weighted by Crippen LogP contribution is 2.17. The van der Waals surface area contributed by atoms with Gasteiger partial charge in [-0.2, -0.15) is 0 Å². The van der Waals surface area contributed by atoms with Gasteiger partial charge in [-0.25, -0.2) is 0 Å². The maximum Gasteiger partial charge on any atom is 0.184 e. The van der Waals surface area contributed by atoms with Gasteiger partial charge < -0.3 is 4.74 Å². The fourth-order valence-corrected chi connectivity index (χ4v) is 1.72. The molecule has 0 aliphatic carbocycles. The number of fused-ring (bicyclic) bond motifs is 1. The molecule has 0 radical (unpaired) electrons. The van der Waals surface area contributed by atoms with Crippen LogP contribution in [-0.4, -0.2) is 17.5 Å². The fourth-order valence-electron chi connectivity index (χ4n) is 1.72. The minimum absolute atomic E-state index is 0.304. The quantitative estimate of drug-likeness (QED) is 0.630. The smallest absolute Gasteiger partial charge is 0.184 e. The zero-order valence-corrected chi connectivity index (χ0v) is 9.23. The van der Waals surface area contributed by atoms with Crippen LogP contribution in [0.5, 0.6) is 0 Å². The summed E-state index contributed by atoms with van der Waals surface area (Å²) >= 11 is 0. The number of hydrogen-bond donors (Lipinski definition) is 1. The Morgan fingerprint density at radius 2 is 2.19 bits per heavy atom. The molecule has 0 aliphatic heterocycles. The minimum atomic E-state index is 0.304. The summed E-state index contributed by atoms with van der Waals surface area (Å²) in [6.45, 7) is 2.43. The first-order chi connectivity index (χ1) is 7.81. The molecule has 3 heteroatoms. The number of hydrogen-bond acceptors (Lipinski definition) is 3. The molecule has 16 heavy (non-hydrogen) atoms. The molecule has 1 aromatic carbocycles. The lowest BCUT2D eigenvalue weighted by molar-refractivity contribution is 0.317. The molecule has 0 fully saturated rings. The molecule has 0 aliphatic rings. The summed E-state index contributed by atoms with van der Waals surface area (Å²) in [5.41, 5.74) is 2.05. The van der Waals surface area contributed by atoms with Gasteiger partial charge in [0.25, 0.3) is 0 Å². The highest BCUT2D eigenvalue weighted by Gasteiger charge is 2.04. The SMILES string of the molecule is CCOC(=N)Cc1cccc2ncccc12. The van der Waals surface area contributed by atoms with Crippen LogP contribution in [0.25, 0.3) is 10.9 Å². The largest absolute Gasteiger partial charge is 0.481 e. The van der Waals surface area contributed by atoms with Crippen molar-refractivity contribution in [1.82, 2.24) is 4.98 Å². The van der Waals surface area contributed by atoms with Crippen LogP contribution in [0.4, 0.5) is 0 Å². The lowest BCUT2D eigenvalue weighted by Gasteiger charge is -2.07. The second kappa shape index (κ2) is 4.75. The standard InChI is InChI=1S/C13H14N2O/c1-2-16-13(14)9-10-5-3-7-12-11(10)6-4-8-15-12/h3-8,14H,2,9H2,1H3. The van der Waals surface area contributed by atoms with E-state index in [2.05, 4.69) is 4.98 Å². The molecule has 0 bridgehead atoms. The van der Waals surface area contributed by atoms with Crippen molar-refractivity contribution in [3.63, 3.8) is 0 Å². The van der Waals surface area contributed by atoms with Crippen molar-refractivity contribution >= 4 is 16.8 Å². The van der Waals surface area contributed by atoms with Gasteiger partial charge in [-0.3, -0.25) is 10.4 Å². The van der Waals surface area contributed by atoms with Gasteiger partial charge in [0.15, 0.2) is 5.90 Å². The van der Waals surface area contributed by atoms with Gasteiger partial charge in [0.1, 0.15) is 0 Å². The van der Waals surface area contributed by atoms with Crippen molar-refractivity contribution in [3.05, 3.63) is 42.1 Å². The Morgan fingerprint density at radius 1 is 1.31 bits per heavy atom. The normalized spacial score (nSPS) is 10.3. The van der Waals surface area contributed by atoms with Crippen LogP contribution in [0, 0.1) is 5.41 Å². The van der Waals surface area contributed by atoms with Crippen LogP contribution in [0.2, 0.25) is 0 Å². The summed E-state index contributed by atoms with van der Waals surface area (Å²) in [5, 5.41) is 8.75. The molecule has 82 valence electrons. The number of nitrogens with zero attached hydrogens (tertiary/aromatic N) is 1. The molecule has 2 aromatic rings. The van der Waals surface area contributed by atoms with Crippen LogP contribution in [0.1, 0.15) is 12.5 Å². The number of rotatable bonds is 3. The van der Waals surface area contributed by atoms with E-state index in [0.29, 0.717) is 18.9 Å². The molecule has 0 atom stereocenters. The Bertz CT molecular complexity index is 503. The maximum absolute atomic E-state index is 7.66. The van der Waals surface area contributed by atoms with Gasteiger partial charge in [-0.1, -0.05) is 18.2 Å². The Morgan fingerprint density at radius 3 is 3.00 bits per heavy atom. The van der Waals surface area contributed by atoms with Gasteiger partial charge >= 0.3 is 0 Å². The molecular weight excluding hydrogens is 200 g/mol. The summed E-state index contributed by atoms with van der Waals surface area (Å²) < 4.78 is 5.16. The third kappa shape index (κ3) is 2.19. The molecule has 0 spiro atoms. The predicted octanol–water partition coefficient (Wildman–Crippen LogP) is 2.79. The third-order valence-corrected chi connectivity index (χ3v) is 2.41. The highest BCUT2D eigenvalue weighted by atomic mass is 16.5. The van der Waals surface area contributed by atoms with E-state index in [1.165, 1.54) is 0 Å². The van der Waals surface area contributed by atoms with Crippen molar-refractivity contribution in [2.45, 2.75) is 13.3 Å². The highest BCUT2D eigenvalue weighted by molar-refractivity contribution is 5.87. The van der Waals surface area contributed by atoms with Crippen LogP contribution in [0.15, 0.2) is 36.5 Å². The molecule has 0 saturated heterocycles. The number of pyridine rings is 1. The first kappa shape index (κ1) is 10.6. The van der Waals surface area contributed by atoms with Crippen LogP contribution in [-0.2, 0) is 11.2 Å². The van der Waals surface area contributed by atoms with E-state index in [1.54, 1.807) is 6.20 Å². The average molecular weight is 214 g/mol. The Labute approximate surface area is 94.6 Å². The first-order valence-electron chi connectivity index (χ1n) is 5.34. The van der Waals surface area contributed by atoms with E-state index in [4.69, 9.17) is 10.1 Å². The molecule has 1 aromatic heterocycles. The number of aromatic nitrogens is 1. The molecule has 1 heterocycles. The van der Waals surface area contributed by atoms with E-state index < -0.39 is 0 Å². The third-order valence-electron chi connectivity index (χ3n) is 2.41. The number of benzene rings is 1. The van der Waals surface area contributed by atoms with Gasteiger partial charge in [0.2, 0.25) is 0 Å². The van der Waals surface area contributed by atoms with Crippen molar-refractivity contribution < 1.29 is 4.74 Å². The molecule has 2 rings (SSSR count). The Hall–Kier alpha value is -1.90. The monoisotopic (exact) mass is 214 g/mol. The lowest BCUT2D eigenvalue weighted by Crippen LogP contribution is -2.06. The lowest BCUT2D eigenvalue weighted by atomic mass is 10.1. The summed E-state index contributed by atoms with van der Waals surface area (Å²) in [5.74, 6) is 0.304. The first-order valence-corrected chi connectivity index (χ1v) is 5.34. The summed E-state index contributed by atoms with van der Waals surface area (Å²) in [4.78, 5) is 4.28. The summed E-state index contributed by atoms with van der Waals surface area (Å²) in [6, 6.07) is 9.89. The van der Waals surface area contributed by atoms with Crippen molar-refractivity contribution in [2.75, 3.05) is 6.61 Å². The Kier molecular flexibility index (Phi) is 3.15. The summed E-state index contributed by atoms with van der Waals surface area (Å²) in [7, 11) is 0. The predicted molar refractivity (Wildman–Crippen MR) is 64.8 cm³/mol. The fraction of sp³-hybridized carbons (Fsp3) is 0.231. The second-order valence-corrected chi connectivity index (χ2v) is 3.52. The molecule has 3 nitrogen and oxygen atoms in total. The van der Waals surface area contributed by atoms with Gasteiger partial charge in [0, 0.05) is 18.0 Å². The van der Waals surface area contributed by atoms with Gasteiger partial charge in [0.05, 0.1) is 12.1 Å². The van der Waals surface area contributed by atoms with E-state index in [9.17, 15) is 0 Å². The van der Waals surface area contributed by atoms with Gasteiger partial charge in [-0.05, 0) is 24.6 Å². The van der Waals surface area contributed by atoms with E-state index >= 15 is 0 Å².